The summed E-state index contributed by atoms with van der Waals surface area (Å²) in [7, 11) is 0. The number of anilines is 1. The molecule has 1 atom stereocenters. The molecule has 1 unspecified atom stereocenters. The number of nitrogens with one attached hydrogen (secondary N) is 1. The third-order valence-electron chi connectivity index (χ3n) is 4.78. The van der Waals surface area contributed by atoms with Crippen molar-refractivity contribution in [2.24, 2.45) is 0 Å². The van der Waals surface area contributed by atoms with Gasteiger partial charge in [0.1, 0.15) is 0 Å². The maximum absolute atomic E-state index is 12.6. The molecule has 0 saturated heterocycles. The van der Waals surface area contributed by atoms with Crippen LogP contribution in [0, 0.1) is 11.3 Å². The summed E-state index contributed by atoms with van der Waals surface area (Å²) in [5, 5.41) is 12.8. The highest BCUT2D eigenvalue weighted by molar-refractivity contribution is 6.32. The summed E-state index contributed by atoms with van der Waals surface area (Å²) in [5.74, 6) is -0.284. The van der Waals surface area contributed by atoms with Crippen LogP contribution in [-0.4, -0.2) is 15.9 Å². The number of nitrogens with zero attached hydrogens (tertiary/aromatic N) is 3. The highest BCUT2D eigenvalue weighted by atomic mass is 35.5. The van der Waals surface area contributed by atoms with Crippen molar-refractivity contribution in [2.75, 3.05) is 5.32 Å². The Morgan fingerprint density at radius 3 is 2.19 bits per heavy atom. The van der Waals surface area contributed by atoms with E-state index in [2.05, 4.69) is 21.4 Å². The Morgan fingerprint density at radius 1 is 0.935 bits per heavy atom. The van der Waals surface area contributed by atoms with Crippen molar-refractivity contribution >= 4 is 23.2 Å². The molecule has 4 aromatic rings. The fourth-order valence-electron chi connectivity index (χ4n) is 3.19. The summed E-state index contributed by atoms with van der Waals surface area (Å²) >= 11 is 6.44. The van der Waals surface area contributed by atoms with E-state index in [4.69, 9.17) is 11.6 Å². The van der Waals surface area contributed by atoms with Crippen molar-refractivity contribution < 1.29 is 4.79 Å². The van der Waals surface area contributed by atoms with Crippen molar-refractivity contribution in [3.63, 3.8) is 0 Å². The molecule has 31 heavy (non-hydrogen) atoms. The number of hydrogen-bond acceptors (Lipinski definition) is 4. The summed E-state index contributed by atoms with van der Waals surface area (Å²) in [6, 6.07) is 26.4. The standard InChI is InChI=1S/C25H17ClN4O/c26-23-13-20(11-12-21(23)22(14-27)17-7-3-1-4-8-17)30-25(31)19-15-28-24(29-16-19)18-9-5-2-6-10-18/h1-13,15-16,22H,(H,30,31). The third kappa shape index (κ3) is 4.61. The first-order valence-corrected chi connectivity index (χ1v) is 9.96. The molecule has 0 radical (unpaired) electrons. The van der Waals surface area contributed by atoms with Crippen molar-refractivity contribution in [3.8, 4) is 17.5 Å². The predicted octanol–water partition coefficient (Wildman–Crippen LogP) is 5.70. The molecule has 1 amide bonds. The van der Waals surface area contributed by atoms with Crippen LogP contribution >= 0.6 is 11.6 Å². The minimum absolute atomic E-state index is 0.332. The molecule has 0 bridgehead atoms. The van der Waals surface area contributed by atoms with Crippen molar-refractivity contribution in [2.45, 2.75) is 5.92 Å². The molecule has 4 rings (SSSR count). The lowest BCUT2D eigenvalue weighted by atomic mass is 9.92. The highest BCUT2D eigenvalue weighted by Gasteiger charge is 2.17. The zero-order chi connectivity index (χ0) is 21.6. The van der Waals surface area contributed by atoms with Crippen LogP contribution in [-0.2, 0) is 0 Å². The van der Waals surface area contributed by atoms with Gasteiger partial charge in [-0.05, 0) is 23.3 Å². The van der Waals surface area contributed by atoms with Crippen LogP contribution in [0.1, 0.15) is 27.4 Å². The number of aromatic nitrogens is 2. The maximum Gasteiger partial charge on any atom is 0.258 e. The molecule has 150 valence electrons. The van der Waals surface area contributed by atoms with Crippen LogP contribution in [0.5, 0.6) is 0 Å². The lowest BCUT2D eigenvalue weighted by Crippen LogP contribution is -2.13. The van der Waals surface area contributed by atoms with E-state index in [0.717, 1.165) is 11.1 Å². The van der Waals surface area contributed by atoms with Gasteiger partial charge < -0.3 is 5.32 Å². The molecular weight excluding hydrogens is 408 g/mol. The second kappa shape index (κ2) is 9.21. The molecule has 0 aliphatic carbocycles. The van der Waals surface area contributed by atoms with Crippen LogP contribution in [0.4, 0.5) is 5.69 Å². The lowest BCUT2D eigenvalue weighted by Gasteiger charge is -2.13. The first-order valence-electron chi connectivity index (χ1n) is 9.58. The van der Waals surface area contributed by atoms with Gasteiger partial charge in [-0.25, -0.2) is 9.97 Å². The second-order valence-corrected chi connectivity index (χ2v) is 7.23. The third-order valence-corrected chi connectivity index (χ3v) is 5.10. The van der Waals surface area contributed by atoms with Crippen LogP contribution in [0.3, 0.4) is 0 Å². The molecule has 0 aliphatic rings. The van der Waals surface area contributed by atoms with Gasteiger partial charge in [-0.2, -0.15) is 5.26 Å². The Labute approximate surface area is 185 Å². The van der Waals surface area contributed by atoms with Gasteiger partial charge >= 0.3 is 0 Å². The van der Waals surface area contributed by atoms with Gasteiger partial charge in [0.2, 0.25) is 0 Å². The summed E-state index contributed by atoms with van der Waals surface area (Å²) in [6.45, 7) is 0. The molecule has 3 aromatic carbocycles. The summed E-state index contributed by atoms with van der Waals surface area (Å²) in [4.78, 5) is 21.1. The van der Waals surface area contributed by atoms with E-state index in [1.54, 1.807) is 18.2 Å². The maximum atomic E-state index is 12.6. The van der Waals surface area contributed by atoms with E-state index in [0.29, 0.717) is 27.7 Å². The number of benzene rings is 3. The first-order chi connectivity index (χ1) is 15.2. The number of hydrogen-bond donors (Lipinski definition) is 1. The SMILES string of the molecule is N#CC(c1ccccc1)c1ccc(NC(=O)c2cnc(-c3ccccc3)nc2)cc1Cl. The molecule has 6 heteroatoms. The zero-order valence-electron chi connectivity index (χ0n) is 16.4. The number of carbonyl (C=O) groups excluding carboxylic acids is 1. The summed E-state index contributed by atoms with van der Waals surface area (Å²) in [6.07, 6.45) is 2.98. The number of amides is 1. The predicted molar refractivity (Wildman–Crippen MR) is 121 cm³/mol. The Kier molecular flexibility index (Phi) is 6.02. The highest BCUT2D eigenvalue weighted by Crippen LogP contribution is 2.32. The molecule has 0 saturated carbocycles. The number of carbonyl (C=O) groups is 1. The minimum Gasteiger partial charge on any atom is -0.322 e. The van der Waals surface area contributed by atoms with E-state index in [9.17, 15) is 10.1 Å². The Hall–Kier alpha value is -4.01. The fourth-order valence-corrected chi connectivity index (χ4v) is 3.48. The normalized spacial score (nSPS) is 11.4. The average Bonchev–Trinajstić information content (AvgIpc) is 2.82. The molecule has 1 aromatic heterocycles. The van der Waals surface area contributed by atoms with Gasteiger partial charge in [-0.15, -0.1) is 0 Å². The molecule has 0 spiro atoms. The van der Waals surface area contributed by atoms with Crippen LogP contribution in [0.25, 0.3) is 11.4 Å². The molecule has 0 aliphatic heterocycles. The minimum atomic E-state index is -0.489. The number of rotatable bonds is 5. The molecular formula is C25H17ClN4O. The van der Waals surface area contributed by atoms with Gasteiger partial charge in [0.05, 0.1) is 17.6 Å². The monoisotopic (exact) mass is 424 g/mol. The van der Waals surface area contributed by atoms with Gasteiger partial charge in [-0.3, -0.25) is 4.79 Å². The van der Waals surface area contributed by atoms with E-state index >= 15 is 0 Å². The van der Waals surface area contributed by atoms with Gasteiger partial charge in [-0.1, -0.05) is 78.3 Å². The van der Waals surface area contributed by atoms with E-state index < -0.39 is 5.92 Å². The van der Waals surface area contributed by atoms with Crippen LogP contribution in [0.2, 0.25) is 5.02 Å². The summed E-state index contributed by atoms with van der Waals surface area (Å²) < 4.78 is 0. The average molecular weight is 425 g/mol. The lowest BCUT2D eigenvalue weighted by molar-refractivity contribution is 0.102. The quantitative estimate of drug-likeness (QED) is 0.445. The zero-order valence-corrected chi connectivity index (χ0v) is 17.1. The topological polar surface area (TPSA) is 78.7 Å². The number of nitriles is 1. The van der Waals surface area contributed by atoms with E-state index in [1.807, 2.05) is 60.7 Å². The van der Waals surface area contributed by atoms with Crippen molar-refractivity contribution in [1.29, 1.82) is 5.26 Å². The Balaban J connectivity index is 1.50. The fraction of sp³-hybridized carbons (Fsp3) is 0.0400. The Bertz CT molecular complexity index is 1240. The van der Waals surface area contributed by atoms with Crippen molar-refractivity contribution in [1.82, 2.24) is 9.97 Å². The summed E-state index contributed by atoms with van der Waals surface area (Å²) in [5.41, 5.74) is 3.28. The van der Waals surface area contributed by atoms with Gasteiger partial charge in [0, 0.05) is 28.7 Å². The smallest absolute Gasteiger partial charge is 0.258 e. The van der Waals surface area contributed by atoms with Crippen LogP contribution in [0.15, 0.2) is 91.3 Å². The largest absolute Gasteiger partial charge is 0.322 e. The van der Waals surface area contributed by atoms with Crippen molar-refractivity contribution in [3.05, 3.63) is 113 Å². The second-order valence-electron chi connectivity index (χ2n) is 6.82. The van der Waals surface area contributed by atoms with E-state index in [1.165, 1.54) is 12.4 Å². The molecule has 0 fully saturated rings. The molecule has 1 N–H and O–H groups in total. The van der Waals surface area contributed by atoms with Gasteiger partial charge in [0.15, 0.2) is 5.82 Å². The van der Waals surface area contributed by atoms with Gasteiger partial charge in [0.25, 0.3) is 5.91 Å². The number of halogens is 1. The molecule has 5 nitrogen and oxygen atoms in total. The first kappa shape index (κ1) is 20.3. The van der Waals surface area contributed by atoms with E-state index in [-0.39, 0.29) is 5.91 Å². The van der Waals surface area contributed by atoms with Crippen LogP contribution < -0.4 is 5.32 Å². The Morgan fingerprint density at radius 2 is 1.58 bits per heavy atom. The molecule has 1 heterocycles.